The molecule has 0 aliphatic rings. The summed E-state index contributed by atoms with van der Waals surface area (Å²) in [6, 6.07) is 10.4. The van der Waals surface area contributed by atoms with Crippen molar-refractivity contribution in [1.82, 2.24) is 20.4 Å². The van der Waals surface area contributed by atoms with Crippen LogP contribution >= 0.6 is 11.6 Å². The number of benzene rings is 2. The minimum absolute atomic E-state index is 0.0914. The quantitative estimate of drug-likeness (QED) is 0.596. The zero-order chi connectivity index (χ0) is 20.1. The molecule has 0 saturated carbocycles. The molecule has 2 amide bonds. The number of nitrogens with one attached hydrogen (secondary N) is 2. The predicted molar refractivity (Wildman–Crippen MR) is 105 cm³/mol. The molecule has 0 atom stereocenters. The Labute approximate surface area is 166 Å². The number of carbonyl (C=O) groups is 2. The summed E-state index contributed by atoms with van der Waals surface area (Å²) in [5, 5.41) is 10.5. The summed E-state index contributed by atoms with van der Waals surface area (Å²) in [4.78, 5) is 23.4. The maximum atomic E-state index is 14.2. The molecule has 2 N–H and O–H groups in total. The lowest BCUT2D eigenvalue weighted by Crippen LogP contribution is -2.25. The van der Waals surface area contributed by atoms with Gasteiger partial charge in [0.1, 0.15) is 11.7 Å². The lowest BCUT2D eigenvalue weighted by Gasteiger charge is -2.09. The number of amides is 2. The van der Waals surface area contributed by atoms with E-state index in [2.05, 4.69) is 15.7 Å². The van der Waals surface area contributed by atoms with Crippen molar-refractivity contribution in [3.05, 3.63) is 65.1 Å². The molecule has 146 valence electrons. The second-order valence-corrected chi connectivity index (χ2v) is 6.72. The summed E-state index contributed by atoms with van der Waals surface area (Å²) in [5.74, 6) is -1.08. The van der Waals surface area contributed by atoms with Gasteiger partial charge in [0, 0.05) is 31.1 Å². The Morgan fingerprint density at radius 2 is 1.82 bits per heavy atom. The molecule has 6 nitrogen and oxygen atoms in total. The third-order valence-electron chi connectivity index (χ3n) is 4.38. The number of alkyl halides is 1. The zero-order valence-corrected chi connectivity index (χ0v) is 16.1. The summed E-state index contributed by atoms with van der Waals surface area (Å²) < 4.78 is 16.0. The molecule has 0 spiro atoms. The first kappa shape index (κ1) is 19.8. The largest absolute Gasteiger partial charge is 0.352 e. The van der Waals surface area contributed by atoms with Gasteiger partial charge in [-0.1, -0.05) is 18.2 Å². The Kier molecular flexibility index (Phi) is 6.26. The molecule has 0 radical (unpaired) electrons. The van der Waals surface area contributed by atoms with E-state index in [1.165, 1.54) is 6.07 Å². The Morgan fingerprint density at radius 1 is 1.07 bits per heavy atom. The van der Waals surface area contributed by atoms with E-state index < -0.39 is 5.82 Å². The van der Waals surface area contributed by atoms with E-state index in [0.29, 0.717) is 11.1 Å². The molecule has 8 heteroatoms. The molecule has 3 aromatic rings. The second kappa shape index (κ2) is 8.84. The lowest BCUT2D eigenvalue weighted by molar-refractivity contribution is -0.120. The summed E-state index contributed by atoms with van der Waals surface area (Å²) in [6.07, 6.45) is 1.96. The Morgan fingerprint density at radius 3 is 2.57 bits per heavy atom. The Hall–Kier alpha value is -2.93. The fourth-order valence-electron chi connectivity index (χ4n) is 2.86. The molecule has 0 aliphatic heterocycles. The maximum Gasteiger partial charge on any atom is 0.235 e. The van der Waals surface area contributed by atoms with E-state index in [4.69, 9.17) is 11.6 Å². The topological polar surface area (TPSA) is 76.0 Å². The number of hydrogen-bond donors (Lipinski definition) is 2. The summed E-state index contributed by atoms with van der Waals surface area (Å²) in [5.41, 5.74) is 2.86. The van der Waals surface area contributed by atoms with Crippen LogP contribution in [-0.2, 0) is 36.1 Å². The highest BCUT2D eigenvalue weighted by molar-refractivity contribution is 6.27. The standard InChI is InChI=1S/C20H20ClFN4O2/c1-26-18-5-3-13(6-16(18)12-25-26)8-19(27)24-11-15-4-2-14(7-17(15)22)10-23-20(28)9-21/h2-7,12H,8-11H2,1H3,(H,23,28)(H,24,27). The molecule has 1 aromatic heterocycles. The van der Waals surface area contributed by atoms with Crippen molar-refractivity contribution in [3.8, 4) is 0 Å². The molecule has 28 heavy (non-hydrogen) atoms. The van der Waals surface area contributed by atoms with Crippen LogP contribution in [0.1, 0.15) is 16.7 Å². The van der Waals surface area contributed by atoms with Crippen molar-refractivity contribution in [2.45, 2.75) is 19.5 Å². The van der Waals surface area contributed by atoms with Crippen molar-refractivity contribution in [1.29, 1.82) is 0 Å². The van der Waals surface area contributed by atoms with Gasteiger partial charge in [-0.05, 0) is 29.3 Å². The Bertz CT molecular complexity index is 1020. The molecule has 0 bridgehead atoms. The van der Waals surface area contributed by atoms with Gasteiger partial charge in [-0.25, -0.2) is 4.39 Å². The van der Waals surface area contributed by atoms with E-state index in [-0.39, 0.29) is 37.2 Å². The van der Waals surface area contributed by atoms with E-state index in [0.717, 1.165) is 16.5 Å². The number of nitrogens with zero attached hydrogens (tertiary/aromatic N) is 2. The monoisotopic (exact) mass is 402 g/mol. The SMILES string of the molecule is Cn1ncc2cc(CC(=O)NCc3ccc(CNC(=O)CCl)cc3F)ccc21. The van der Waals surface area contributed by atoms with Crippen LogP contribution in [0.2, 0.25) is 0 Å². The number of carbonyl (C=O) groups excluding carboxylic acids is 2. The first-order chi connectivity index (χ1) is 13.5. The van der Waals surface area contributed by atoms with Crippen molar-refractivity contribution >= 4 is 34.3 Å². The third-order valence-corrected chi connectivity index (χ3v) is 4.62. The number of aryl methyl sites for hydroxylation is 1. The molecular formula is C20H20ClFN4O2. The number of halogens is 2. The smallest absolute Gasteiger partial charge is 0.235 e. The van der Waals surface area contributed by atoms with Crippen LogP contribution in [-0.4, -0.2) is 27.5 Å². The number of aromatic nitrogens is 2. The van der Waals surface area contributed by atoms with Crippen LogP contribution in [0.15, 0.2) is 42.6 Å². The first-order valence-corrected chi connectivity index (χ1v) is 9.27. The highest BCUT2D eigenvalue weighted by Crippen LogP contribution is 2.15. The molecule has 0 unspecified atom stereocenters. The number of rotatable bonds is 7. The number of hydrogen-bond acceptors (Lipinski definition) is 3. The molecular weight excluding hydrogens is 383 g/mol. The molecule has 3 rings (SSSR count). The van der Waals surface area contributed by atoms with Crippen LogP contribution in [0.3, 0.4) is 0 Å². The fourth-order valence-corrected chi connectivity index (χ4v) is 2.95. The molecule has 1 heterocycles. The van der Waals surface area contributed by atoms with Gasteiger partial charge in [0.25, 0.3) is 0 Å². The summed E-state index contributed by atoms with van der Waals surface area (Å²) in [7, 11) is 1.86. The zero-order valence-electron chi connectivity index (χ0n) is 15.3. The van der Waals surface area contributed by atoms with Gasteiger partial charge in [-0.3, -0.25) is 14.3 Å². The van der Waals surface area contributed by atoms with E-state index in [9.17, 15) is 14.0 Å². The normalized spacial score (nSPS) is 10.8. The van der Waals surface area contributed by atoms with Crippen molar-refractivity contribution in [3.63, 3.8) is 0 Å². The van der Waals surface area contributed by atoms with Crippen LogP contribution < -0.4 is 10.6 Å². The van der Waals surface area contributed by atoms with Crippen molar-refractivity contribution < 1.29 is 14.0 Å². The van der Waals surface area contributed by atoms with Gasteiger partial charge in [-0.15, -0.1) is 11.6 Å². The van der Waals surface area contributed by atoms with Gasteiger partial charge >= 0.3 is 0 Å². The van der Waals surface area contributed by atoms with Gasteiger partial charge in [0.2, 0.25) is 11.8 Å². The first-order valence-electron chi connectivity index (χ1n) is 8.73. The van der Waals surface area contributed by atoms with E-state index >= 15 is 0 Å². The van der Waals surface area contributed by atoms with Gasteiger partial charge in [0.05, 0.1) is 18.1 Å². The van der Waals surface area contributed by atoms with Gasteiger partial charge < -0.3 is 10.6 Å². The van der Waals surface area contributed by atoms with Gasteiger partial charge in [0.15, 0.2) is 0 Å². The van der Waals surface area contributed by atoms with Crippen LogP contribution in [0, 0.1) is 5.82 Å². The minimum Gasteiger partial charge on any atom is -0.352 e. The fraction of sp³-hybridized carbons (Fsp3) is 0.250. The minimum atomic E-state index is -0.435. The predicted octanol–water partition coefficient (Wildman–Crippen LogP) is 2.43. The maximum absolute atomic E-state index is 14.2. The second-order valence-electron chi connectivity index (χ2n) is 6.45. The summed E-state index contributed by atoms with van der Waals surface area (Å²) in [6.45, 7) is 0.292. The van der Waals surface area contributed by atoms with E-state index in [1.807, 2.05) is 25.2 Å². The highest BCUT2D eigenvalue weighted by Gasteiger charge is 2.09. The molecule has 0 aliphatic carbocycles. The Balaban J connectivity index is 1.55. The lowest BCUT2D eigenvalue weighted by atomic mass is 10.1. The average Bonchev–Trinajstić information content (AvgIpc) is 3.05. The van der Waals surface area contributed by atoms with Crippen molar-refractivity contribution in [2.24, 2.45) is 7.05 Å². The van der Waals surface area contributed by atoms with Crippen LogP contribution in [0.4, 0.5) is 4.39 Å². The van der Waals surface area contributed by atoms with E-state index in [1.54, 1.807) is 23.0 Å². The van der Waals surface area contributed by atoms with Gasteiger partial charge in [-0.2, -0.15) is 5.10 Å². The highest BCUT2D eigenvalue weighted by atomic mass is 35.5. The van der Waals surface area contributed by atoms with Crippen molar-refractivity contribution in [2.75, 3.05) is 5.88 Å². The molecule has 2 aromatic carbocycles. The molecule has 0 saturated heterocycles. The van der Waals surface area contributed by atoms with Crippen LogP contribution in [0.5, 0.6) is 0 Å². The molecule has 0 fully saturated rings. The van der Waals surface area contributed by atoms with Crippen LogP contribution in [0.25, 0.3) is 10.9 Å². The summed E-state index contributed by atoms with van der Waals surface area (Å²) >= 11 is 5.40. The third kappa shape index (κ3) is 4.86. The average molecular weight is 403 g/mol. The number of fused-ring (bicyclic) bond motifs is 1.